The topological polar surface area (TPSA) is 39.1 Å². The number of rotatable bonds is 7. The molecule has 21 heavy (non-hydrogen) atoms. The summed E-state index contributed by atoms with van der Waals surface area (Å²) in [5.41, 5.74) is 1.02. The van der Waals surface area contributed by atoms with Crippen molar-refractivity contribution in [2.45, 2.75) is 39.1 Å². The summed E-state index contributed by atoms with van der Waals surface area (Å²) in [6.07, 6.45) is 3.66. The van der Waals surface area contributed by atoms with Crippen molar-refractivity contribution in [1.29, 1.82) is 0 Å². The van der Waals surface area contributed by atoms with E-state index in [1.807, 2.05) is 23.9 Å². The molecule has 0 radical (unpaired) electrons. The van der Waals surface area contributed by atoms with E-state index in [0.717, 1.165) is 12.1 Å². The van der Waals surface area contributed by atoms with Gasteiger partial charge in [-0.25, -0.2) is 0 Å². The zero-order valence-corrected chi connectivity index (χ0v) is 12.0. The summed E-state index contributed by atoms with van der Waals surface area (Å²) in [4.78, 5) is 0. The van der Waals surface area contributed by atoms with E-state index in [1.54, 1.807) is 30.5 Å². The maximum atomic E-state index is 12.1. The van der Waals surface area contributed by atoms with Crippen LogP contribution in [0.5, 0.6) is 5.75 Å². The van der Waals surface area contributed by atoms with Gasteiger partial charge < -0.3 is 10.1 Å². The van der Waals surface area contributed by atoms with Crippen LogP contribution in [0.15, 0.2) is 42.7 Å². The molecule has 0 aliphatic heterocycles. The van der Waals surface area contributed by atoms with Crippen LogP contribution in [-0.4, -0.2) is 22.4 Å². The Balaban J connectivity index is 1.88. The molecule has 2 atom stereocenters. The van der Waals surface area contributed by atoms with Crippen molar-refractivity contribution in [3.05, 3.63) is 48.3 Å². The monoisotopic (exact) mass is 295 g/mol. The van der Waals surface area contributed by atoms with Crippen molar-refractivity contribution in [3.63, 3.8) is 0 Å². The molecule has 1 aromatic carbocycles. The predicted octanol–water partition coefficient (Wildman–Crippen LogP) is 3.22. The minimum atomic E-state index is -2.79. The number of hydrogen-bond acceptors (Lipinski definition) is 3. The van der Waals surface area contributed by atoms with Gasteiger partial charge in [-0.1, -0.05) is 12.1 Å². The van der Waals surface area contributed by atoms with Crippen molar-refractivity contribution in [2.24, 2.45) is 0 Å². The molecule has 0 bridgehead atoms. The maximum Gasteiger partial charge on any atom is 0.387 e. The smallest absolute Gasteiger partial charge is 0.387 e. The van der Waals surface area contributed by atoms with Gasteiger partial charge in [0, 0.05) is 24.5 Å². The van der Waals surface area contributed by atoms with Gasteiger partial charge in [-0.2, -0.15) is 13.9 Å². The van der Waals surface area contributed by atoms with Gasteiger partial charge in [0.05, 0.1) is 6.54 Å². The molecule has 2 unspecified atom stereocenters. The normalized spacial score (nSPS) is 14.1. The van der Waals surface area contributed by atoms with E-state index in [2.05, 4.69) is 22.1 Å². The first kappa shape index (κ1) is 15.4. The third-order valence-corrected chi connectivity index (χ3v) is 3.16. The number of aromatic nitrogens is 2. The molecule has 0 spiro atoms. The maximum absolute atomic E-state index is 12.1. The zero-order chi connectivity index (χ0) is 15.2. The second-order valence-electron chi connectivity index (χ2n) is 4.97. The van der Waals surface area contributed by atoms with Gasteiger partial charge in [-0.05, 0) is 37.6 Å². The summed E-state index contributed by atoms with van der Waals surface area (Å²) in [7, 11) is 0. The fraction of sp³-hybridized carbons (Fsp3) is 0.400. The average Bonchev–Trinajstić information content (AvgIpc) is 2.91. The lowest BCUT2D eigenvalue weighted by atomic mass is 10.1. The number of nitrogens with one attached hydrogen (secondary N) is 1. The Morgan fingerprint density at radius 1 is 1.24 bits per heavy atom. The van der Waals surface area contributed by atoms with Crippen LogP contribution in [-0.2, 0) is 6.54 Å². The molecule has 0 amide bonds. The molecule has 2 aromatic rings. The van der Waals surface area contributed by atoms with Crippen LogP contribution in [0.3, 0.4) is 0 Å². The standard InChI is InChI=1S/C15H19F2N3O/c1-11(10-20-9-3-8-18-20)19-12(2)13-4-6-14(7-5-13)21-15(16)17/h3-9,11-12,15,19H,10H2,1-2H3. The Morgan fingerprint density at radius 2 is 1.95 bits per heavy atom. The Kier molecular flexibility index (Phi) is 5.27. The van der Waals surface area contributed by atoms with Gasteiger partial charge in [-0.15, -0.1) is 0 Å². The highest BCUT2D eigenvalue weighted by atomic mass is 19.3. The van der Waals surface area contributed by atoms with E-state index in [0.29, 0.717) is 0 Å². The summed E-state index contributed by atoms with van der Waals surface area (Å²) >= 11 is 0. The summed E-state index contributed by atoms with van der Waals surface area (Å²) in [5.74, 6) is 0.172. The molecule has 0 aliphatic rings. The summed E-state index contributed by atoms with van der Waals surface area (Å²) in [5, 5.41) is 7.61. The molecule has 1 N–H and O–H groups in total. The number of benzene rings is 1. The van der Waals surface area contributed by atoms with Crippen molar-refractivity contribution >= 4 is 0 Å². The highest BCUT2D eigenvalue weighted by Crippen LogP contribution is 2.19. The zero-order valence-electron chi connectivity index (χ0n) is 12.0. The van der Waals surface area contributed by atoms with Gasteiger partial charge in [0.1, 0.15) is 5.75 Å². The van der Waals surface area contributed by atoms with E-state index in [9.17, 15) is 8.78 Å². The first-order chi connectivity index (χ1) is 10.0. The third kappa shape index (κ3) is 4.82. The Bertz CT molecular complexity index is 528. The lowest BCUT2D eigenvalue weighted by Gasteiger charge is -2.20. The lowest BCUT2D eigenvalue weighted by molar-refractivity contribution is -0.0498. The number of ether oxygens (including phenoxy) is 1. The van der Waals surface area contributed by atoms with Crippen molar-refractivity contribution in [3.8, 4) is 5.75 Å². The van der Waals surface area contributed by atoms with Gasteiger partial charge >= 0.3 is 6.61 Å². The lowest BCUT2D eigenvalue weighted by Crippen LogP contribution is -2.32. The minimum absolute atomic E-state index is 0.108. The fourth-order valence-corrected chi connectivity index (χ4v) is 2.20. The van der Waals surface area contributed by atoms with Crippen molar-refractivity contribution < 1.29 is 13.5 Å². The Morgan fingerprint density at radius 3 is 2.52 bits per heavy atom. The fourth-order valence-electron chi connectivity index (χ4n) is 2.20. The molecular weight excluding hydrogens is 276 g/mol. The molecule has 4 nitrogen and oxygen atoms in total. The molecule has 1 aromatic heterocycles. The van der Waals surface area contributed by atoms with Crippen LogP contribution < -0.4 is 10.1 Å². The van der Waals surface area contributed by atoms with Gasteiger partial charge in [0.15, 0.2) is 0 Å². The highest BCUT2D eigenvalue weighted by Gasteiger charge is 2.11. The minimum Gasteiger partial charge on any atom is -0.435 e. The molecule has 1 heterocycles. The van der Waals surface area contributed by atoms with E-state index in [4.69, 9.17) is 0 Å². The number of halogens is 2. The summed E-state index contributed by atoms with van der Waals surface area (Å²) < 4.78 is 30.4. The van der Waals surface area contributed by atoms with E-state index < -0.39 is 6.61 Å². The van der Waals surface area contributed by atoms with Crippen molar-refractivity contribution in [2.75, 3.05) is 0 Å². The molecule has 0 saturated heterocycles. The average molecular weight is 295 g/mol. The Labute approximate surface area is 122 Å². The molecule has 0 fully saturated rings. The molecule has 2 rings (SSSR count). The molecular formula is C15H19F2N3O. The molecule has 114 valence electrons. The number of alkyl halides is 2. The van der Waals surface area contributed by atoms with E-state index >= 15 is 0 Å². The van der Waals surface area contributed by atoms with Crippen LogP contribution in [0.25, 0.3) is 0 Å². The Hall–Kier alpha value is -1.95. The summed E-state index contributed by atoms with van der Waals surface area (Å²) in [6.45, 7) is 2.08. The molecule has 0 aliphatic carbocycles. The van der Waals surface area contributed by atoms with E-state index in [-0.39, 0.29) is 17.8 Å². The largest absolute Gasteiger partial charge is 0.435 e. The van der Waals surface area contributed by atoms with Crippen LogP contribution in [0.4, 0.5) is 8.78 Å². The molecule has 0 saturated carbocycles. The predicted molar refractivity (Wildman–Crippen MR) is 76.3 cm³/mol. The van der Waals surface area contributed by atoms with Gasteiger partial charge in [0.2, 0.25) is 0 Å². The highest BCUT2D eigenvalue weighted by molar-refractivity contribution is 5.29. The third-order valence-electron chi connectivity index (χ3n) is 3.16. The van der Waals surface area contributed by atoms with Gasteiger partial charge in [-0.3, -0.25) is 4.68 Å². The van der Waals surface area contributed by atoms with Crippen LogP contribution in [0.1, 0.15) is 25.5 Å². The SMILES string of the molecule is CC(Cn1cccn1)NC(C)c1ccc(OC(F)F)cc1. The summed E-state index contributed by atoms with van der Waals surface area (Å²) in [6, 6.07) is 8.91. The second kappa shape index (κ2) is 7.17. The second-order valence-corrected chi connectivity index (χ2v) is 4.97. The first-order valence-corrected chi connectivity index (χ1v) is 6.83. The quantitative estimate of drug-likeness (QED) is 0.852. The van der Waals surface area contributed by atoms with E-state index in [1.165, 1.54) is 0 Å². The van der Waals surface area contributed by atoms with Crippen LogP contribution in [0, 0.1) is 0 Å². The van der Waals surface area contributed by atoms with Crippen LogP contribution >= 0.6 is 0 Å². The number of nitrogens with zero attached hydrogens (tertiary/aromatic N) is 2. The van der Waals surface area contributed by atoms with Crippen LogP contribution in [0.2, 0.25) is 0 Å². The molecule has 6 heteroatoms. The number of hydrogen-bond donors (Lipinski definition) is 1. The first-order valence-electron chi connectivity index (χ1n) is 6.83. The van der Waals surface area contributed by atoms with Gasteiger partial charge in [0.25, 0.3) is 0 Å². The van der Waals surface area contributed by atoms with Crippen molar-refractivity contribution in [1.82, 2.24) is 15.1 Å².